The van der Waals surface area contributed by atoms with Crippen molar-refractivity contribution in [2.24, 2.45) is 0 Å². The van der Waals surface area contributed by atoms with Gasteiger partial charge in [0, 0.05) is 0 Å². The third kappa shape index (κ3) is 5.64. The Labute approximate surface area is 155 Å². The maximum Gasteiger partial charge on any atom is 0.344 e. The maximum atomic E-state index is 13.5. The monoisotopic (exact) mass is 376 g/mol. The molecule has 27 heavy (non-hydrogen) atoms. The number of benzene rings is 2. The number of ether oxygens (including phenoxy) is 3. The Morgan fingerprint density at radius 3 is 2.52 bits per heavy atom. The van der Waals surface area contributed by atoms with E-state index in [1.165, 1.54) is 7.11 Å². The highest BCUT2D eigenvalue weighted by molar-refractivity contribution is 5.98. The summed E-state index contributed by atoms with van der Waals surface area (Å²) in [6, 6.07) is 7.61. The average molecular weight is 376 g/mol. The second kappa shape index (κ2) is 9.47. The largest absolute Gasteiger partial charge is 0.493 e. The molecule has 2 rings (SSSR count). The summed E-state index contributed by atoms with van der Waals surface area (Å²) in [6.07, 6.45) is 3.74. The van der Waals surface area contributed by atoms with E-state index in [0.29, 0.717) is 11.5 Å². The van der Waals surface area contributed by atoms with Crippen molar-refractivity contribution in [2.75, 3.05) is 20.3 Å². The molecule has 7 heteroatoms. The van der Waals surface area contributed by atoms with E-state index in [2.05, 4.69) is 0 Å². The molecule has 0 bridgehead atoms. The molecule has 142 valence electrons. The number of carbonyl (C=O) groups excluding carboxylic acids is 2. The smallest absolute Gasteiger partial charge is 0.344 e. The van der Waals surface area contributed by atoms with Crippen LogP contribution in [0.2, 0.25) is 0 Å². The van der Waals surface area contributed by atoms with Crippen molar-refractivity contribution in [3.05, 3.63) is 65.2 Å². The first kappa shape index (κ1) is 20.1. The highest BCUT2D eigenvalue weighted by Gasteiger charge is 2.16. The normalized spacial score (nSPS) is 10.7. The Hall–Kier alpha value is -3.22. The Kier molecular flexibility index (Phi) is 7.05. The van der Waals surface area contributed by atoms with Crippen molar-refractivity contribution in [3.63, 3.8) is 0 Å². The summed E-state index contributed by atoms with van der Waals surface area (Å²) < 4.78 is 41.9. The Morgan fingerprint density at radius 1 is 1.04 bits per heavy atom. The molecule has 5 nitrogen and oxygen atoms in total. The van der Waals surface area contributed by atoms with Crippen molar-refractivity contribution in [1.29, 1.82) is 0 Å². The minimum atomic E-state index is -0.889. The lowest BCUT2D eigenvalue weighted by atomic mass is 10.1. The molecular weight excluding hydrogens is 358 g/mol. The van der Waals surface area contributed by atoms with Crippen LogP contribution in [0.1, 0.15) is 22.8 Å². The average Bonchev–Trinajstić information content (AvgIpc) is 2.67. The minimum Gasteiger partial charge on any atom is -0.493 e. The fourth-order valence-corrected chi connectivity index (χ4v) is 2.21. The van der Waals surface area contributed by atoms with E-state index in [-0.39, 0.29) is 0 Å². The van der Waals surface area contributed by atoms with Gasteiger partial charge in [0.25, 0.3) is 0 Å². The Bertz CT molecular complexity index is 861. The van der Waals surface area contributed by atoms with Gasteiger partial charge in [-0.2, -0.15) is 0 Å². The molecule has 0 fully saturated rings. The van der Waals surface area contributed by atoms with Gasteiger partial charge in [-0.1, -0.05) is 18.2 Å². The fraction of sp³-hybridized carbons (Fsp3) is 0.200. The van der Waals surface area contributed by atoms with Crippen molar-refractivity contribution in [2.45, 2.75) is 6.92 Å². The topological polar surface area (TPSA) is 61.8 Å². The third-order valence-corrected chi connectivity index (χ3v) is 3.49. The molecular formula is C20H18F2O5. The first-order valence-corrected chi connectivity index (χ1v) is 8.02. The van der Waals surface area contributed by atoms with Crippen LogP contribution in [-0.4, -0.2) is 32.1 Å². The molecule has 0 amide bonds. The van der Waals surface area contributed by atoms with E-state index in [0.717, 1.165) is 23.8 Å². The molecule has 0 aromatic heterocycles. The van der Waals surface area contributed by atoms with Crippen LogP contribution >= 0.6 is 0 Å². The van der Waals surface area contributed by atoms with Crippen molar-refractivity contribution < 1.29 is 32.6 Å². The van der Waals surface area contributed by atoms with Crippen LogP contribution in [0.3, 0.4) is 0 Å². The number of rotatable bonds is 8. The number of allylic oxidation sites excluding steroid dienone is 1. The molecule has 0 radical (unpaired) electrons. The first-order chi connectivity index (χ1) is 12.9. The number of hydrogen-bond acceptors (Lipinski definition) is 5. The number of Topliss-reactive ketones (excluding diaryl/α,β-unsaturated/α-hetero) is 1. The van der Waals surface area contributed by atoms with E-state index >= 15 is 0 Å². The summed E-state index contributed by atoms with van der Waals surface area (Å²) in [6.45, 7) is 0.683. The van der Waals surface area contributed by atoms with Crippen LogP contribution in [0.5, 0.6) is 11.5 Å². The Balaban J connectivity index is 1.91. The summed E-state index contributed by atoms with van der Waals surface area (Å²) in [7, 11) is 1.46. The first-order valence-electron chi connectivity index (χ1n) is 8.02. The zero-order valence-corrected chi connectivity index (χ0v) is 14.8. The van der Waals surface area contributed by atoms with Gasteiger partial charge in [0.1, 0.15) is 11.6 Å². The number of carbonyl (C=O) groups is 2. The minimum absolute atomic E-state index is 0.324. The molecule has 0 saturated heterocycles. The third-order valence-electron chi connectivity index (χ3n) is 3.49. The predicted octanol–water partition coefficient (Wildman–Crippen LogP) is 3.81. The summed E-state index contributed by atoms with van der Waals surface area (Å²) in [5.74, 6) is -2.59. The number of hydrogen-bond donors (Lipinski definition) is 0. The molecule has 0 heterocycles. The number of halogens is 2. The maximum absolute atomic E-state index is 13.5. The molecule has 0 aliphatic rings. The molecule has 0 saturated carbocycles. The lowest BCUT2D eigenvalue weighted by Gasteiger charge is -2.11. The van der Waals surface area contributed by atoms with Crippen LogP contribution in [0.4, 0.5) is 8.78 Å². The van der Waals surface area contributed by atoms with Gasteiger partial charge < -0.3 is 14.2 Å². The lowest BCUT2D eigenvalue weighted by molar-refractivity contribution is -0.144. The van der Waals surface area contributed by atoms with E-state index < -0.39 is 42.2 Å². The van der Waals surface area contributed by atoms with E-state index in [1.807, 2.05) is 19.1 Å². The van der Waals surface area contributed by atoms with Gasteiger partial charge in [0.15, 0.2) is 24.7 Å². The van der Waals surface area contributed by atoms with Crippen LogP contribution in [0.25, 0.3) is 6.08 Å². The highest BCUT2D eigenvalue weighted by atomic mass is 19.1. The number of methoxy groups -OCH3 is 1. The van der Waals surface area contributed by atoms with Gasteiger partial charge in [-0.05, 0) is 42.8 Å². The van der Waals surface area contributed by atoms with E-state index in [1.54, 1.807) is 18.2 Å². The summed E-state index contributed by atoms with van der Waals surface area (Å²) in [5, 5.41) is 0. The highest BCUT2D eigenvalue weighted by Crippen LogP contribution is 2.28. The summed E-state index contributed by atoms with van der Waals surface area (Å²) in [4.78, 5) is 23.6. The molecule has 0 atom stereocenters. The molecule has 0 aliphatic carbocycles. The van der Waals surface area contributed by atoms with Gasteiger partial charge in [-0.25, -0.2) is 13.6 Å². The van der Waals surface area contributed by atoms with Crippen LogP contribution in [0.15, 0.2) is 42.5 Å². The zero-order valence-electron chi connectivity index (χ0n) is 14.8. The van der Waals surface area contributed by atoms with Crippen molar-refractivity contribution >= 4 is 17.8 Å². The SMILES string of the molecule is C/C=C/c1ccc(OCC(=O)OCC(=O)c2cc(F)ccc2F)c(OC)c1. The van der Waals surface area contributed by atoms with Gasteiger partial charge in [-0.15, -0.1) is 0 Å². The quantitative estimate of drug-likeness (QED) is 0.518. The molecule has 0 N–H and O–H groups in total. The fourth-order valence-electron chi connectivity index (χ4n) is 2.21. The summed E-state index contributed by atoms with van der Waals surface area (Å²) >= 11 is 0. The van der Waals surface area contributed by atoms with Gasteiger partial charge in [0.05, 0.1) is 12.7 Å². The second-order valence-corrected chi connectivity index (χ2v) is 5.41. The Morgan fingerprint density at radius 2 is 1.81 bits per heavy atom. The number of esters is 1. The number of ketones is 1. The molecule has 2 aromatic carbocycles. The van der Waals surface area contributed by atoms with Crippen molar-refractivity contribution in [3.8, 4) is 11.5 Å². The second-order valence-electron chi connectivity index (χ2n) is 5.41. The van der Waals surface area contributed by atoms with E-state index in [9.17, 15) is 18.4 Å². The predicted molar refractivity (Wildman–Crippen MR) is 94.8 cm³/mol. The van der Waals surface area contributed by atoms with Gasteiger partial charge in [0.2, 0.25) is 5.78 Å². The van der Waals surface area contributed by atoms with Gasteiger partial charge in [-0.3, -0.25) is 4.79 Å². The molecule has 0 unspecified atom stereocenters. The standard InChI is InChI=1S/C20H18F2O5/c1-3-4-13-5-8-18(19(9-13)25-2)26-12-20(24)27-11-17(23)15-10-14(21)6-7-16(15)22/h3-10H,11-12H2,1-2H3/b4-3+. The lowest BCUT2D eigenvalue weighted by Crippen LogP contribution is -2.20. The summed E-state index contributed by atoms with van der Waals surface area (Å²) in [5.41, 5.74) is 0.414. The van der Waals surface area contributed by atoms with Gasteiger partial charge >= 0.3 is 5.97 Å². The molecule has 2 aromatic rings. The van der Waals surface area contributed by atoms with Crippen molar-refractivity contribution in [1.82, 2.24) is 0 Å². The zero-order chi connectivity index (χ0) is 19.8. The van der Waals surface area contributed by atoms with Crippen LogP contribution in [0, 0.1) is 11.6 Å². The molecule has 0 spiro atoms. The van der Waals surface area contributed by atoms with Crippen LogP contribution < -0.4 is 9.47 Å². The van der Waals surface area contributed by atoms with Crippen LogP contribution in [-0.2, 0) is 9.53 Å². The van der Waals surface area contributed by atoms with E-state index in [4.69, 9.17) is 14.2 Å². The molecule has 0 aliphatic heterocycles.